The molecule has 78 valence electrons. The van der Waals surface area contributed by atoms with Crippen molar-refractivity contribution in [2.45, 2.75) is 32.7 Å². The SMILES string of the molecule is CC(=O)NC(C)(C)CCP(C)(C)=O. The number of hydrogen-bond acceptors (Lipinski definition) is 2. The van der Waals surface area contributed by atoms with Gasteiger partial charge in [-0.15, -0.1) is 0 Å². The third-order valence-corrected chi connectivity index (χ3v) is 3.09. The summed E-state index contributed by atoms with van der Waals surface area (Å²) in [6.45, 7) is 8.95. The van der Waals surface area contributed by atoms with Crippen LogP contribution in [-0.2, 0) is 9.36 Å². The van der Waals surface area contributed by atoms with Gasteiger partial charge in [-0.1, -0.05) is 0 Å². The summed E-state index contributed by atoms with van der Waals surface area (Å²) in [5, 5.41) is 2.83. The van der Waals surface area contributed by atoms with E-state index in [-0.39, 0.29) is 11.4 Å². The first kappa shape index (κ1) is 12.7. The van der Waals surface area contributed by atoms with E-state index in [1.165, 1.54) is 6.92 Å². The van der Waals surface area contributed by atoms with Crippen molar-refractivity contribution in [1.29, 1.82) is 0 Å². The highest BCUT2D eigenvalue weighted by atomic mass is 31.2. The minimum Gasteiger partial charge on any atom is -0.351 e. The van der Waals surface area contributed by atoms with Crippen LogP contribution in [0.5, 0.6) is 0 Å². The number of hydrogen-bond donors (Lipinski definition) is 1. The van der Waals surface area contributed by atoms with Crippen LogP contribution in [0.4, 0.5) is 0 Å². The number of amides is 1. The molecule has 0 aromatic carbocycles. The van der Waals surface area contributed by atoms with Crippen LogP contribution in [0.2, 0.25) is 0 Å². The smallest absolute Gasteiger partial charge is 0.217 e. The van der Waals surface area contributed by atoms with Crippen molar-refractivity contribution in [2.24, 2.45) is 0 Å². The summed E-state index contributed by atoms with van der Waals surface area (Å²) in [5.74, 6) is -0.0351. The van der Waals surface area contributed by atoms with Crippen LogP contribution < -0.4 is 5.32 Å². The molecule has 0 aromatic heterocycles. The molecule has 0 saturated carbocycles. The quantitative estimate of drug-likeness (QED) is 0.712. The van der Waals surface area contributed by atoms with Crippen LogP contribution in [0.3, 0.4) is 0 Å². The van der Waals surface area contributed by atoms with E-state index in [0.29, 0.717) is 6.16 Å². The molecule has 4 heteroatoms. The largest absolute Gasteiger partial charge is 0.351 e. The van der Waals surface area contributed by atoms with Crippen molar-refractivity contribution < 1.29 is 9.36 Å². The molecule has 0 aliphatic carbocycles. The van der Waals surface area contributed by atoms with Crippen LogP contribution in [0, 0.1) is 0 Å². The Morgan fingerprint density at radius 3 is 2.15 bits per heavy atom. The Bertz CT molecular complexity index is 230. The first-order valence-corrected chi connectivity index (χ1v) is 7.24. The van der Waals surface area contributed by atoms with E-state index in [1.54, 1.807) is 13.3 Å². The number of nitrogens with one attached hydrogen (secondary N) is 1. The molecule has 0 radical (unpaired) electrons. The Kier molecular flexibility index (Phi) is 4.18. The zero-order valence-corrected chi connectivity index (χ0v) is 10.1. The topological polar surface area (TPSA) is 46.2 Å². The molecule has 13 heavy (non-hydrogen) atoms. The molecule has 0 aliphatic rings. The van der Waals surface area contributed by atoms with Crippen molar-refractivity contribution >= 4 is 13.0 Å². The van der Waals surface area contributed by atoms with E-state index in [9.17, 15) is 9.36 Å². The van der Waals surface area contributed by atoms with Gasteiger partial charge in [0.15, 0.2) is 0 Å². The summed E-state index contributed by atoms with van der Waals surface area (Å²) in [6, 6.07) is 0. The fourth-order valence-electron chi connectivity index (χ4n) is 1.09. The monoisotopic (exact) mass is 205 g/mol. The summed E-state index contributed by atoms with van der Waals surface area (Å²) < 4.78 is 11.4. The summed E-state index contributed by atoms with van der Waals surface area (Å²) in [7, 11) is -1.96. The molecular weight excluding hydrogens is 185 g/mol. The molecule has 1 amide bonds. The maximum Gasteiger partial charge on any atom is 0.217 e. The van der Waals surface area contributed by atoms with Gasteiger partial charge in [0.1, 0.15) is 0 Å². The lowest BCUT2D eigenvalue weighted by Gasteiger charge is -2.26. The summed E-state index contributed by atoms with van der Waals surface area (Å²) in [6.07, 6.45) is 1.44. The van der Waals surface area contributed by atoms with Crippen molar-refractivity contribution in [1.82, 2.24) is 5.32 Å². The fraction of sp³-hybridized carbons (Fsp3) is 0.889. The molecule has 1 N–H and O–H groups in total. The van der Waals surface area contributed by atoms with Gasteiger partial charge in [-0.05, 0) is 33.6 Å². The molecule has 0 aliphatic heterocycles. The van der Waals surface area contributed by atoms with Crippen LogP contribution in [-0.4, -0.2) is 30.9 Å². The Balaban J connectivity index is 4.03. The van der Waals surface area contributed by atoms with Gasteiger partial charge in [0, 0.05) is 18.6 Å². The van der Waals surface area contributed by atoms with E-state index in [4.69, 9.17) is 0 Å². The zero-order chi connectivity index (χ0) is 10.7. The van der Waals surface area contributed by atoms with Crippen LogP contribution in [0.25, 0.3) is 0 Å². The Hall–Kier alpha value is -0.300. The van der Waals surface area contributed by atoms with E-state index >= 15 is 0 Å². The van der Waals surface area contributed by atoms with Gasteiger partial charge < -0.3 is 9.88 Å². The van der Waals surface area contributed by atoms with E-state index in [2.05, 4.69) is 5.32 Å². The first-order chi connectivity index (χ1) is 5.62. The van der Waals surface area contributed by atoms with Crippen molar-refractivity contribution in [3.63, 3.8) is 0 Å². The maximum atomic E-state index is 11.4. The minimum absolute atomic E-state index is 0.0351. The van der Waals surface area contributed by atoms with Gasteiger partial charge >= 0.3 is 0 Å². The first-order valence-electron chi connectivity index (χ1n) is 4.45. The highest BCUT2D eigenvalue weighted by Gasteiger charge is 2.21. The van der Waals surface area contributed by atoms with E-state index in [0.717, 1.165) is 6.42 Å². The summed E-state index contributed by atoms with van der Waals surface area (Å²) >= 11 is 0. The lowest BCUT2D eigenvalue weighted by atomic mass is 10.0. The Morgan fingerprint density at radius 2 is 1.85 bits per heavy atom. The maximum absolute atomic E-state index is 11.4. The lowest BCUT2D eigenvalue weighted by Crippen LogP contribution is -2.42. The van der Waals surface area contributed by atoms with Gasteiger partial charge in [0.05, 0.1) is 7.14 Å². The minimum atomic E-state index is -1.96. The molecule has 0 aromatic rings. The van der Waals surface area contributed by atoms with Crippen molar-refractivity contribution in [3.8, 4) is 0 Å². The average Bonchev–Trinajstić information content (AvgIpc) is 1.79. The summed E-state index contributed by atoms with van der Waals surface area (Å²) in [5.41, 5.74) is -0.243. The Labute approximate surface area is 80.7 Å². The molecule has 0 bridgehead atoms. The number of rotatable bonds is 4. The van der Waals surface area contributed by atoms with E-state index in [1.807, 2.05) is 13.8 Å². The molecule has 0 heterocycles. The zero-order valence-electron chi connectivity index (χ0n) is 9.18. The number of carbonyl (C=O) groups excluding carboxylic acids is 1. The van der Waals surface area contributed by atoms with Gasteiger partial charge in [-0.2, -0.15) is 0 Å². The van der Waals surface area contributed by atoms with Crippen LogP contribution >= 0.6 is 7.14 Å². The molecule has 0 spiro atoms. The van der Waals surface area contributed by atoms with Gasteiger partial charge in [0.25, 0.3) is 0 Å². The van der Waals surface area contributed by atoms with Crippen molar-refractivity contribution in [2.75, 3.05) is 19.5 Å². The molecule has 0 saturated heterocycles. The predicted molar refractivity (Wildman–Crippen MR) is 56.8 cm³/mol. The average molecular weight is 205 g/mol. The fourth-order valence-corrected chi connectivity index (χ4v) is 2.19. The normalized spacial score (nSPS) is 12.7. The highest BCUT2D eigenvalue weighted by Crippen LogP contribution is 2.37. The Morgan fingerprint density at radius 1 is 1.38 bits per heavy atom. The third-order valence-electron chi connectivity index (χ3n) is 1.79. The second-order valence-corrected chi connectivity index (χ2v) is 8.21. The second kappa shape index (κ2) is 4.28. The molecule has 0 rings (SSSR count). The lowest BCUT2D eigenvalue weighted by molar-refractivity contribution is -0.120. The molecule has 3 nitrogen and oxygen atoms in total. The van der Waals surface area contributed by atoms with Crippen LogP contribution in [0.1, 0.15) is 27.2 Å². The van der Waals surface area contributed by atoms with Gasteiger partial charge in [-0.3, -0.25) is 4.79 Å². The third kappa shape index (κ3) is 8.04. The van der Waals surface area contributed by atoms with Gasteiger partial charge in [0.2, 0.25) is 5.91 Å². The predicted octanol–water partition coefficient (Wildman–Crippen LogP) is 1.91. The number of carbonyl (C=O) groups is 1. The van der Waals surface area contributed by atoms with Gasteiger partial charge in [-0.25, -0.2) is 0 Å². The van der Waals surface area contributed by atoms with Crippen LogP contribution in [0.15, 0.2) is 0 Å². The summed E-state index contributed by atoms with van der Waals surface area (Å²) in [4.78, 5) is 10.8. The highest BCUT2D eigenvalue weighted by molar-refractivity contribution is 7.62. The standard InChI is InChI=1S/C9H20NO2P/c1-8(11)10-9(2,3)6-7-13(4,5)12/h6-7H2,1-5H3,(H,10,11). The molecule has 0 atom stereocenters. The van der Waals surface area contributed by atoms with Crippen molar-refractivity contribution in [3.05, 3.63) is 0 Å². The molecule has 0 unspecified atom stereocenters. The second-order valence-electron chi connectivity index (χ2n) is 4.61. The van der Waals surface area contributed by atoms with E-state index < -0.39 is 7.14 Å². The molecular formula is C9H20NO2P. The molecule has 0 fully saturated rings.